The quantitative estimate of drug-likeness (QED) is 0.537. The highest BCUT2D eigenvalue weighted by molar-refractivity contribution is 7.89. The summed E-state index contributed by atoms with van der Waals surface area (Å²) in [5.74, 6) is 0. The van der Waals surface area contributed by atoms with Gasteiger partial charge in [-0.1, -0.05) is 71.7 Å². The van der Waals surface area contributed by atoms with E-state index in [0.717, 1.165) is 16.7 Å². The molecular formula is C22H22Cl2N2O2S. The van der Waals surface area contributed by atoms with Crippen molar-refractivity contribution >= 4 is 33.2 Å². The fourth-order valence-electron chi connectivity index (χ4n) is 3.03. The average molecular weight is 449 g/mol. The fourth-order valence-corrected chi connectivity index (χ4v) is 4.60. The largest absolute Gasteiger partial charge is 0.307 e. The van der Waals surface area contributed by atoms with Crippen LogP contribution in [0.4, 0.5) is 0 Å². The molecule has 0 radical (unpaired) electrons. The lowest BCUT2D eigenvalue weighted by Crippen LogP contribution is -2.35. The topological polar surface area (TPSA) is 49.4 Å². The highest BCUT2D eigenvalue weighted by Crippen LogP contribution is 2.28. The summed E-state index contributed by atoms with van der Waals surface area (Å²) in [7, 11) is 0.00809. The first kappa shape index (κ1) is 21.8. The van der Waals surface area contributed by atoms with Gasteiger partial charge >= 0.3 is 0 Å². The van der Waals surface area contributed by atoms with Crippen LogP contribution >= 0.6 is 23.2 Å². The number of nitrogens with zero attached hydrogens (tertiary/aromatic N) is 1. The minimum atomic E-state index is -3.76. The predicted octanol–water partition coefficient (Wildman–Crippen LogP) is 5.24. The SMILES string of the molecule is CN(C)CC(NS(=O)(=O)c1cccc(-c2ccccc2)c1)c1ccc(Cl)c(Cl)c1. The van der Waals surface area contributed by atoms with Crippen molar-refractivity contribution < 1.29 is 8.42 Å². The number of hydrogen-bond donors (Lipinski definition) is 1. The molecule has 7 heteroatoms. The van der Waals surface area contributed by atoms with Crippen molar-refractivity contribution in [3.8, 4) is 11.1 Å². The standard InChI is InChI=1S/C22H22Cl2N2O2S/c1-26(2)15-22(18-11-12-20(23)21(24)14-18)25-29(27,28)19-10-6-9-17(13-19)16-7-4-3-5-8-16/h3-14,22,25H,15H2,1-2H3. The number of nitrogens with one attached hydrogen (secondary N) is 1. The lowest BCUT2D eigenvalue weighted by molar-refractivity contribution is 0.363. The van der Waals surface area contributed by atoms with Crippen LogP contribution in [-0.2, 0) is 10.0 Å². The molecule has 0 saturated heterocycles. The summed E-state index contributed by atoms with van der Waals surface area (Å²) in [6.45, 7) is 0.468. The van der Waals surface area contributed by atoms with Crippen LogP contribution in [-0.4, -0.2) is 34.0 Å². The Morgan fingerprint density at radius 3 is 2.21 bits per heavy atom. The number of sulfonamides is 1. The van der Waals surface area contributed by atoms with Gasteiger partial charge < -0.3 is 4.90 Å². The van der Waals surface area contributed by atoms with Gasteiger partial charge in [0.05, 0.1) is 21.0 Å². The van der Waals surface area contributed by atoms with Crippen molar-refractivity contribution in [1.82, 2.24) is 9.62 Å². The van der Waals surface area contributed by atoms with Gasteiger partial charge in [0.1, 0.15) is 0 Å². The van der Waals surface area contributed by atoms with E-state index in [1.165, 1.54) is 0 Å². The summed E-state index contributed by atoms with van der Waals surface area (Å²) in [5, 5.41) is 0.815. The Labute approximate surface area is 182 Å². The Balaban J connectivity index is 1.93. The molecule has 0 aliphatic carbocycles. The Hall–Kier alpha value is -1.89. The lowest BCUT2D eigenvalue weighted by Gasteiger charge is -2.23. The molecule has 0 aliphatic heterocycles. The minimum Gasteiger partial charge on any atom is -0.307 e. The molecule has 0 saturated carbocycles. The summed E-state index contributed by atoms with van der Waals surface area (Å²) >= 11 is 12.2. The van der Waals surface area contributed by atoms with Crippen LogP contribution in [0.1, 0.15) is 11.6 Å². The molecule has 0 amide bonds. The molecule has 1 N–H and O–H groups in total. The van der Waals surface area contributed by atoms with Crippen molar-refractivity contribution in [3.05, 3.63) is 88.4 Å². The van der Waals surface area contributed by atoms with Crippen molar-refractivity contribution in [2.24, 2.45) is 0 Å². The summed E-state index contributed by atoms with van der Waals surface area (Å²) in [6, 6.07) is 21.3. The first-order valence-electron chi connectivity index (χ1n) is 9.04. The molecule has 152 valence electrons. The maximum absolute atomic E-state index is 13.1. The van der Waals surface area contributed by atoms with Gasteiger partial charge in [-0.2, -0.15) is 0 Å². The molecule has 1 unspecified atom stereocenters. The van der Waals surface area contributed by atoms with Crippen LogP contribution in [0.3, 0.4) is 0 Å². The van der Waals surface area contributed by atoms with Gasteiger partial charge in [-0.05, 0) is 55.1 Å². The maximum atomic E-state index is 13.1. The van der Waals surface area contributed by atoms with E-state index >= 15 is 0 Å². The molecule has 0 bridgehead atoms. The summed E-state index contributed by atoms with van der Waals surface area (Å²) in [5.41, 5.74) is 2.54. The zero-order valence-corrected chi connectivity index (χ0v) is 18.5. The van der Waals surface area contributed by atoms with Gasteiger partial charge in [-0.15, -0.1) is 0 Å². The Bertz CT molecular complexity index is 1090. The third-order valence-electron chi connectivity index (χ3n) is 4.44. The highest BCUT2D eigenvalue weighted by Gasteiger charge is 2.23. The molecular weight excluding hydrogens is 427 g/mol. The molecule has 4 nitrogen and oxygen atoms in total. The number of likely N-dealkylation sites (N-methyl/N-ethyl adjacent to an activating group) is 1. The van der Waals surface area contributed by atoms with Gasteiger partial charge in [-0.25, -0.2) is 13.1 Å². The van der Waals surface area contributed by atoms with E-state index in [2.05, 4.69) is 4.72 Å². The molecule has 3 aromatic rings. The molecule has 1 atom stereocenters. The third-order valence-corrected chi connectivity index (χ3v) is 6.65. The first-order valence-corrected chi connectivity index (χ1v) is 11.3. The predicted molar refractivity (Wildman–Crippen MR) is 120 cm³/mol. The van der Waals surface area contributed by atoms with Crippen molar-refractivity contribution in [2.75, 3.05) is 20.6 Å². The van der Waals surface area contributed by atoms with Gasteiger partial charge in [0.2, 0.25) is 10.0 Å². The minimum absolute atomic E-state index is 0.211. The van der Waals surface area contributed by atoms with Crippen molar-refractivity contribution in [3.63, 3.8) is 0 Å². The monoisotopic (exact) mass is 448 g/mol. The number of hydrogen-bond acceptors (Lipinski definition) is 3. The molecule has 0 aliphatic rings. The van der Waals surface area contributed by atoms with Crippen LogP contribution in [0.25, 0.3) is 11.1 Å². The van der Waals surface area contributed by atoms with Gasteiger partial charge in [0.15, 0.2) is 0 Å². The van der Waals surface area contributed by atoms with Crippen LogP contribution < -0.4 is 4.72 Å². The first-order chi connectivity index (χ1) is 13.8. The molecule has 0 heterocycles. The second-order valence-electron chi connectivity index (χ2n) is 7.00. The zero-order valence-electron chi connectivity index (χ0n) is 16.1. The Morgan fingerprint density at radius 2 is 1.55 bits per heavy atom. The van der Waals surface area contributed by atoms with E-state index in [1.54, 1.807) is 36.4 Å². The molecule has 29 heavy (non-hydrogen) atoms. The van der Waals surface area contributed by atoms with Crippen molar-refractivity contribution in [2.45, 2.75) is 10.9 Å². The van der Waals surface area contributed by atoms with E-state index < -0.39 is 16.1 Å². The Morgan fingerprint density at radius 1 is 0.862 bits per heavy atom. The van der Waals surface area contributed by atoms with Crippen LogP contribution in [0.2, 0.25) is 10.0 Å². The summed E-state index contributed by atoms with van der Waals surface area (Å²) in [4.78, 5) is 2.12. The van der Waals surface area contributed by atoms with E-state index in [0.29, 0.717) is 16.6 Å². The zero-order chi connectivity index (χ0) is 21.0. The molecule has 0 fully saturated rings. The number of halogens is 2. The van der Waals surface area contributed by atoms with Gasteiger partial charge in [-0.3, -0.25) is 0 Å². The second kappa shape index (κ2) is 9.28. The van der Waals surface area contributed by atoms with Gasteiger partial charge in [0, 0.05) is 6.54 Å². The molecule has 3 rings (SSSR count). The maximum Gasteiger partial charge on any atom is 0.241 e. The third kappa shape index (κ3) is 5.59. The summed E-state index contributed by atoms with van der Waals surface area (Å²) in [6.07, 6.45) is 0. The molecule has 0 aromatic heterocycles. The lowest BCUT2D eigenvalue weighted by atomic mass is 10.1. The fraction of sp³-hybridized carbons (Fsp3) is 0.182. The van der Waals surface area contributed by atoms with Crippen LogP contribution in [0.15, 0.2) is 77.7 Å². The molecule has 3 aromatic carbocycles. The number of benzene rings is 3. The van der Waals surface area contributed by atoms with Crippen LogP contribution in [0.5, 0.6) is 0 Å². The second-order valence-corrected chi connectivity index (χ2v) is 9.53. The normalized spacial score (nSPS) is 12.9. The van der Waals surface area contributed by atoms with E-state index in [4.69, 9.17) is 23.2 Å². The summed E-state index contributed by atoms with van der Waals surface area (Å²) < 4.78 is 29.1. The van der Waals surface area contributed by atoms with E-state index in [-0.39, 0.29) is 4.90 Å². The number of rotatable bonds is 7. The molecule has 0 spiro atoms. The van der Waals surface area contributed by atoms with E-state index in [1.807, 2.05) is 55.4 Å². The van der Waals surface area contributed by atoms with Crippen LogP contribution in [0, 0.1) is 0 Å². The Kier molecular flexibility index (Phi) is 6.98. The van der Waals surface area contributed by atoms with Gasteiger partial charge in [0.25, 0.3) is 0 Å². The van der Waals surface area contributed by atoms with E-state index in [9.17, 15) is 8.42 Å². The van der Waals surface area contributed by atoms with Crippen molar-refractivity contribution in [1.29, 1.82) is 0 Å². The smallest absolute Gasteiger partial charge is 0.241 e. The average Bonchev–Trinajstić information content (AvgIpc) is 2.70. The highest BCUT2D eigenvalue weighted by atomic mass is 35.5.